The first-order valence-corrected chi connectivity index (χ1v) is 10.1. The molecule has 26 heavy (non-hydrogen) atoms. The highest BCUT2D eigenvalue weighted by Gasteiger charge is 2.27. The van der Waals surface area contributed by atoms with Crippen molar-refractivity contribution in [3.8, 4) is 0 Å². The average Bonchev–Trinajstić information content (AvgIpc) is 2.97. The summed E-state index contributed by atoms with van der Waals surface area (Å²) in [7, 11) is 2.09. The molecule has 0 spiro atoms. The number of hydrogen-bond acceptors (Lipinski definition) is 3. The molecule has 1 saturated heterocycles. The molecule has 142 valence electrons. The van der Waals surface area contributed by atoms with Gasteiger partial charge < -0.3 is 9.47 Å². The fourth-order valence-electron chi connectivity index (χ4n) is 4.01. The Kier molecular flexibility index (Phi) is 6.30. The number of aromatic nitrogens is 2. The molecule has 0 saturated carbocycles. The molecule has 1 amide bonds. The van der Waals surface area contributed by atoms with Crippen LogP contribution in [0.5, 0.6) is 0 Å². The summed E-state index contributed by atoms with van der Waals surface area (Å²) in [5, 5.41) is 0. The monoisotopic (exact) mass is 356 g/mol. The van der Waals surface area contributed by atoms with Crippen molar-refractivity contribution >= 4 is 16.9 Å². The number of aryl methyl sites for hydroxylation is 1. The highest BCUT2D eigenvalue weighted by molar-refractivity contribution is 5.79. The van der Waals surface area contributed by atoms with E-state index in [0.29, 0.717) is 5.91 Å². The zero-order valence-corrected chi connectivity index (χ0v) is 16.4. The SMILES string of the molecule is CCCC(CCC)C(=O)N1CCN(Cc2nc3ccccc3n2C)CC1. The molecule has 5 heteroatoms. The first kappa shape index (κ1) is 18.9. The van der Waals surface area contributed by atoms with Gasteiger partial charge in [-0.1, -0.05) is 38.8 Å². The second-order valence-corrected chi connectivity index (χ2v) is 7.45. The van der Waals surface area contributed by atoms with Gasteiger partial charge in [-0.2, -0.15) is 0 Å². The average molecular weight is 357 g/mol. The van der Waals surface area contributed by atoms with Crippen molar-refractivity contribution in [2.75, 3.05) is 26.2 Å². The number of amides is 1. The summed E-state index contributed by atoms with van der Waals surface area (Å²) < 4.78 is 2.19. The van der Waals surface area contributed by atoms with Gasteiger partial charge in [0, 0.05) is 39.1 Å². The lowest BCUT2D eigenvalue weighted by Gasteiger charge is -2.36. The Bertz CT molecular complexity index is 725. The van der Waals surface area contributed by atoms with Crippen LogP contribution in [0.25, 0.3) is 11.0 Å². The molecule has 1 aliphatic heterocycles. The number of piperazine rings is 1. The Hall–Kier alpha value is -1.88. The van der Waals surface area contributed by atoms with E-state index in [9.17, 15) is 4.79 Å². The van der Waals surface area contributed by atoms with E-state index >= 15 is 0 Å². The summed E-state index contributed by atoms with van der Waals surface area (Å²) in [6, 6.07) is 8.27. The van der Waals surface area contributed by atoms with Crippen LogP contribution in [0, 0.1) is 5.92 Å². The van der Waals surface area contributed by atoms with Crippen LogP contribution in [-0.4, -0.2) is 51.4 Å². The van der Waals surface area contributed by atoms with E-state index in [4.69, 9.17) is 4.98 Å². The lowest BCUT2D eigenvalue weighted by molar-refractivity contribution is -0.137. The van der Waals surface area contributed by atoms with Gasteiger partial charge in [0.25, 0.3) is 0 Å². The summed E-state index contributed by atoms with van der Waals surface area (Å²) in [5.41, 5.74) is 2.24. The van der Waals surface area contributed by atoms with Crippen molar-refractivity contribution in [2.24, 2.45) is 13.0 Å². The predicted octanol–water partition coefficient (Wildman–Crippen LogP) is 3.43. The van der Waals surface area contributed by atoms with Gasteiger partial charge in [-0.25, -0.2) is 4.98 Å². The van der Waals surface area contributed by atoms with Crippen LogP contribution in [0.4, 0.5) is 0 Å². The molecule has 2 aromatic rings. The number of nitrogens with zero attached hydrogens (tertiary/aromatic N) is 4. The predicted molar refractivity (Wildman–Crippen MR) is 106 cm³/mol. The lowest BCUT2D eigenvalue weighted by Crippen LogP contribution is -2.50. The maximum absolute atomic E-state index is 12.8. The maximum Gasteiger partial charge on any atom is 0.225 e. The van der Waals surface area contributed by atoms with Crippen molar-refractivity contribution in [1.82, 2.24) is 19.4 Å². The minimum Gasteiger partial charge on any atom is -0.340 e. The summed E-state index contributed by atoms with van der Waals surface area (Å²) >= 11 is 0. The molecule has 0 unspecified atom stereocenters. The Morgan fingerprint density at radius 1 is 1.08 bits per heavy atom. The van der Waals surface area contributed by atoms with E-state index in [1.54, 1.807) is 0 Å². The normalized spacial score (nSPS) is 15.9. The number of rotatable bonds is 7. The largest absolute Gasteiger partial charge is 0.340 e. The minimum atomic E-state index is 0.219. The standard InChI is InChI=1S/C21H32N4O/c1-4-8-17(9-5-2)21(26)25-14-12-24(13-15-25)16-20-22-18-10-6-7-11-19(18)23(20)3/h6-7,10-11,17H,4-5,8-9,12-16H2,1-3H3. The molecule has 1 fully saturated rings. The van der Waals surface area contributed by atoms with E-state index in [2.05, 4.69) is 53.5 Å². The van der Waals surface area contributed by atoms with Crippen molar-refractivity contribution in [1.29, 1.82) is 0 Å². The zero-order chi connectivity index (χ0) is 18.5. The number of hydrogen-bond donors (Lipinski definition) is 0. The highest BCUT2D eigenvalue weighted by Crippen LogP contribution is 2.19. The molecular weight excluding hydrogens is 324 g/mol. The topological polar surface area (TPSA) is 41.4 Å². The second kappa shape index (κ2) is 8.67. The fraction of sp³-hybridized carbons (Fsp3) is 0.619. The Morgan fingerprint density at radius 2 is 1.73 bits per heavy atom. The molecule has 3 rings (SSSR count). The lowest BCUT2D eigenvalue weighted by atomic mass is 9.96. The van der Waals surface area contributed by atoms with Gasteiger partial charge in [-0.15, -0.1) is 0 Å². The van der Waals surface area contributed by atoms with Crippen molar-refractivity contribution < 1.29 is 4.79 Å². The molecule has 2 heterocycles. The molecule has 5 nitrogen and oxygen atoms in total. The van der Waals surface area contributed by atoms with E-state index in [1.165, 1.54) is 5.52 Å². The Balaban J connectivity index is 1.58. The van der Waals surface area contributed by atoms with Gasteiger partial charge in [0.2, 0.25) is 5.91 Å². The number of carbonyl (C=O) groups is 1. The van der Waals surface area contributed by atoms with Crippen molar-refractivity contribution in [3.63, 3.8) is 0 Å². The van der Waals surface area contributed by atoms with Crippen LogP contribution >= 0.6 is 0 Å². The quantitative estimate of drug-likeness (QED) is 0.763. The van der Waals surface area contributed by atoms with Gasteiger partial charge in [0.15, 0.2) is 0 Å². The second-order valence-electron chi connectivity index (χ2n) is 7.45. The van der Waals surface area contributed by atoms with E-state index in [1.807, 2.05) is 6.07 Å². The molecule has 1 aromatic heterocycles. The van der Waals surface area contributed by atoms with Gasteiger partial charge >= 0.3 is 0 Å². The van der Waals surface area contributed by atoms with Crippen LogP contribution in [0.3, 0.4) is 0 Å². The summed E-state index contributed by atoms with van der Waals surface area (Å²) in [6.45, 7) is 8.73. The van der Waals surface area contributed by atoms with Crippen LogP contribution in [0.1, 0.15) is 45.4 Å². The molecule has 1 aliphatic rings. The van der Waals surface area contributed by atoms with E-state index < -0.39 is 0 Å². The van der Waals surface area contributed by atoms with Crippen LogP contribution in [0.2, 0.25) is 0 Å². The zero-order valence-electron chi connectivity index (χ0n) is 16.4. The summed E-state index contributed by atoms with van der Waals surface area (Å²) in [4.78, 5) is 22.1. The molecule has 0 atom stereocenters. The first-order chi connectivity index (χ1) is 12.6. The fourth-order valence-corrected chi connectivity index (χ4v) is 4.01. The summed E-state index contributed by atoms with van der Waals surface area (Å²) in [6.07, 6.45) is 4.21. The van der Waals surface area contributed by atoms with Crippen molar-refractivity contribution in [2.45, 2.75) is 46.1 Å². The Labute approximate surface area is 157 Å². The smallest absolute Gasteiger partial charge is 0.225 e. The number of imidazole rings is 1. The summed E-state index contributed by atoms with van der Waals surface area (Å²) in [5.74, 6) is 1.69. The molecule has 0 N–H and O–H groups in total. The van der Waals surface area contributed by atoms with E-state index in [0.717, 1.165) is 69.7 Å². The third-order valence-corrected chi connectivity index (χ3v) is 5.55. The van der Waals surface area contributed by atoms with Gasteiger partial charge in [-0.3, -0.25) is 9.69 Å². The minimum absolute atomic E-state index is 0.219. The third-order valence-electron chi connectivity index (χ3n) is 5.55. The van der Waals surface area contributed by atoms with Gasteiger partial charge in [0.1, 0.15) is 5.82 Å². The van der Waals surface area contributed by atoms with Gasteiger partial charge in [0.05, 0.1) is 17.6 Å². The number of benzene rings is 1. The molecular formula is C21H32N4O. The Morgan fingerprint density at radius 3 is 2.35 bits per heavy atom. The molecule has 1 aromatic carbocycles. The van der Waals surface area contributed by atoms with Gasteiger partial charge in [-0.05, 0) is 25.0 Å². The maximum atomic E-state index is 12.8. The molecule has 0 bridgehead atoms. The molecule has 0 aliphatic carbocycles. The van der Waals surface area contributed by atoms with Crippen LogP contribution in [-0.2, 0) is 18.4 Å². The molecule has 0 radical (unpaired) electrons. The third kappa shape index (κ3) is 4.09. The number of fused-ring (bicyclic) bond motifs is 1. The highest BCUT2D eigenvalue weighted by atomic mass is 16.2. The van der Waals surface area contributed by atoms with Crippen molar-refractivity contribution in [3.05, 3.63) is 30.1 Å². The first-order valence-electron chi connectivity index (χ1n) is 10.1. The van der Waals surface area contributed by atoms with E-state index in [-0.39, 0.29) is 5.92 Å². The van der Waals surface area contributed by atoms with Crippen LogP contribution < -0.4 is 0 Å². The number of carbonyl (C=O) groups excluding carboxylic acids is 1. The van der Waals surface area contributed by atoms with Crippen LogP contribution in [0.15, 0.2) is 24.3 Å². The number of para-hydroxylation sites is 2.